The molecule has 0 aliphatic heterocycles. The monoisotopic (exact) mass is 373 g/mol. The van der Waals surface area contributed by atoms with Gasteiger partial charge in [0, 0.05) is 10.9 Å². The second kappa shape index (κ2) is 6.91. The highest BCUT2D eigenvalue weighted by Crippen LogP contribution is 2.16. The Morgan fingerprint density at radius 3 is 3.00 bits per heavy atom. The van der Waals surface area contributed by atoms with E-state index in [9.17, 15) is 4.79 Å². The highest BCUT2D eigenvalue weighted by atomic mass is 79.9. The number of aryl methyl sites for hydroxylation is 1. The Labute approximate surface area is 141 Å². The van der Waals surface area contributed by atoms with Crippen LogP contribution in [0.5, 0.6) is 0 Å². The molecule has 1 aromatic carbocycles. The zero-order valence-electron chi connectivity index (χ0n) is 12.7. The molecule has 6 heteroatoms. The molecule has 2 heterocycles. The summed E-state index contributed by atoms with van der Waals surface area (Å²) in [7, 11) is 0. The van der Waals surface area contributed by atoms with Crippen molar-refractivity contribution in [2.75, 3.05) is 0 Å². The molecule has 118 valence electrons. The third kappa shape index (κ3) is 3.42. The number of benzene rings is 1. The van der Waals surface area contributed by atoms with Crippen molar-refractivity contribution in [1.29, 1.82) is 0 Å². The Kier molecular flexibility index (Phi) is 4.71. The molecule has 3 aromatic rings. The van der Waals surface area contributed by atoms with Gasteiger partial charge in [0.05, 0.1) is 23.4 Å². The minimum atomic E-state index is -0.176. The third-order valence-electron chi connectivity index (χ3n) is 3.47. The Hall–Kier alpha value is -2.21. The molecule has 0 saturated carbocycles. The molecule has 0 aliphatic carbocycles. The van der Waals surface area contributed by atoms with E-state index < -0.39 is 0 Å². The summed E-state index contributed by atoms with van der Waals surface area (Å²) in [6.45, 7) is 2.10. The zero-order chi connectivity index (χ0) is 16.2. The van der Waals surface area contributed by atoms with Gasteiger partial charge in [-0.15, -0.1) is 0 Å². The molecule has 0 radical (unpaired) electrons. The van der Waals surface area contributed by atoms with Crippen molar-refractivity contribution in [3.8, 4) is 0 Å². The van der Waals surface area contributed by atoms with E-state index in [1.165, 1.54) is 10.9 Å². The average molecular weight is 374 g/mol. The van der Waals surface area contributed by atoms with E-state index in [2.05, 4.69) is 32.9 Å². The number of unbranched alkanes of at least 4 members (excludes halogenated alkanes) is 1. The smallest absolute Gasteiger partial charge is 0.282 e. The van der Waals surface area contributed by atoms with Gasteiger partial charge in [-0.2, -0.15) is 9.78 Å². The largest absolute Gasteiger partial charge is 0.463 e. The van der Waals surface area contributed by atoms with E-state index in [-0.39, 0.29) is 5.56 Å². The standard InChI is InChI=1S/C17H16BrN3O2/c1-2-3-6-16-20-15-8-7-12(18)10-14(15)17(22)21(16)19-11-13-5-4-9-23-13/h4-5,7-11H,2-3,6H2,1H3. The van der Waals surface area contributed by atoms with Gasteiger partial charge in [-0.05, 0) is 36.8 Å². The third-order valence-corrected chi connectivity index (χ3v) is 3.97. The maximum Gasteiger partial charge on any atom is 0.282 e. The Morgan fingerprint density at radius 1 is 1.39 bits per heavy atom. The lowest BCUT2D eigenvalue weighted by Crippen LogP contribution is -2.22. The van der Waals surface area contributed by atoms with Crippen molar-refractivity contribution < 1.29 is 4.42 Å². The van der Waals surface area contributed by atoms with E-state index in [1.54, 1.807) is 24.5 Å². The molecule has 0 unspecified atom stereocenters. The summed E-state index contributed by atoms with van der Waals surface area (Å²) in [4.78, 5) is 17.4. The van der Waals surface area contributed by atoms with Gasteiger partial charge in [0.25, 0.3) is 5.56 Å². The van der Waals surface area contributed by atoms with Crippen LogP contribution in [0.15, 0.2) is 55.4 Å². The summed E-state index contributed by atoms with van der Waals surface area (Å²) in [5, 5.41) is 4.83. The Bertz CT molecular complexity index is 898. The number of furan rings is 1. The van der Waals surface area contributed by atoms with Crippen LogP contribution in [0.3, 0.4) is 0 Å². The van der Waals surface area contributed by atoms with Crippen molar-refractivity contribution in [2.45, 2.75) is 26.2 Å². The van der Waals surface area contributed by atoms with E-state index in [1.807, 2.05) is 12.1 Å². The molecule has 0 N–H and O–H groups in total. The number of hydrogen-bond acceptors (Lipinski definition) is 4. The van der Waals surface area contributed by atoms with E-state index >= 15 is 0 Å². The molecule has 3 rings (SSSR count). The first-order valence-electron chi connectivity index (χ1n) is 7.48. The quantitative estimate of drug-likeness (QED) is 0.635. The van der Waals surface area contributed by atoms with Gasteiger partial charge in [0.15, 0.2) is 0 Å². The summed E-state index contributed by atoms with van der Waals surface area (Å²) in [6.07, 6.45) is 5.77. The lowest BCUT2D eigenvalue weighted by atomic mass is 10.2. The highest BCUT2D eigenvalue weighted by Gasteiger charge is 2.10. The van der Waals surface area contributed by atoms with Gasteiger partial charge in [0.2, 0.25) is 0 Å². The highest BCUT2D eigenvalue weighted by molar-refractivity contribution is 9.10. The van der Waals surface area contributed by atoms with Gasteiger partial charge in [-0.3, -0.25) is 4.79 Å². The minimum Gasteiger partial charge on any atom is -0.463 e. The topological polar surface area (TPSA) is 60.4 Å². The van der Waals surface area contributed by atoms with Crippen molar-refractivity contribution in [3.63, 3.8) is 0 Å². The lowest BCUT2D eigenvalue weighted by Gasteiger charge is -2.08. The van der Waals surface area contributed by atoms with Gasteiger partial charge >= 0.3 is 0 Å². The molecule has 2 aromatic heterocycles. The van der Waals surface area contributed by atoms with Gasteiger partial charge in [-0.1, -0.05) is 29.3 Å². The van der Waals surface area contributed by atoms with Crippen LogP contribution in [-0.4, -0.2) is 15.9 Å². The number of halogens is 1. The first-order valence-corrected chi connectivity index (χ1v) is 8.27. The maximum absolute atomic E-state index is 12.8. The fraction of sp³-hybridized carbons (Fsp3) is 0.235. The number of fused-ring (bicyclic) bond motifs is 1. The molecular formula is C17H16BrN3O2. The van der Waals surface area contributed by atoms with Gasteiger partial charge < -0.3 is 4.42 Å². The SMILES string of the molecule is CCCCc1nc2ccc(Br)cc2c(=O)n1N=Cc1ccco1. The predicted octanol–water partition coefficient (Wildman–Crippen LogP) is 3.98. The first-order chi connectivity index (χ1) is 11.2. The molecule has 5 nitrogen and oxygen atoms in total. The van der Waals surface area contributed by atoms with Crippen molar-refractivity contribution in [1.82, 2.24) is 9.66 Å². The van der Waals surface area contributed by atoms with Crippen LogP contribution in [0, 0.1) is 0 Å². The Morgan fingerprint density at radius 2 is 2.26 bits per heavy atom. The molecule has 0 saturated heterocycles. The molecule has 0 amide bonds. The number of rotatable bonds is 5. The number of hydrogen-bond donors (Lipinski definition) is 0. The molecule has 0 aliphatic rings. The molecule has 23 heavy (non-hydrogen) atoms. The molecule has 0 bridgehead atoms. The van der Waals surface area contributed by atoms with Crippen LogP contribution >= 0.6 is 15.9 Å². The molecular weight excluding hydrogens is 358 g/mol. The van der Waals surface area contributed by atoms with E-state index in [0.29, 0.717) is 28.9 Å². The average Bonchev–Trinajstić information content (AvgIpc) is 3.06. The second-order valence-electron chi connectivity index (χ2n) is 5.17. The summed E-state index contributed by atoms with van der Waals surface area (Å²) >= 11 is 3.39. The second-order valence-corrected chi connectivity index (χ2v) is 6.09. The molecule has 0 atom stereocenters. The minimum absolute atomic E-state index is 0.176. The summed E-state index contributed by atoms with van der Waals surface area (Å²) in [5.41, 5.74) is 0.513. The van der Waals surface area contributed by atoms with Crippen LogP contribution in [0.4, 0.5) is 0 Å². The van der Waals surface area contributed by atoms with E-state index in [0.717, 1.165) is 17.3 Å². The summed E-state index contributed by atoms with van der Waals surface area (Å²) in [6, 6.07) is 9.06. The maximum atomic E-state index is 12.8. The zero-order valence-corrected chi connectivity index (χ0v) is 14.3. The van der Waals surface area contributed by atoms with Crippen LogP contribution in [0.2, 0.25) is 0 Å². The molecule has 0 fully saturated rings. The lowest BCUT2D eigenvalue weighted by molar-refractivity contribution is 0.558. The van der Waals surface area contributed by atoms with Gasteiger partial charge in [-0.25, -0.2) is 4.98 Å². The van der Waals surface area contributed by atoms with Crippen molar-refractivity contribution in [3.05, 3.63) is 63.0 Å². The summed E-state index contributed by atoms with van der Waals surface area (Å²) < 4.78 is 7.44. The van der Waals surface area contributed by atoms with E-state index in [4.69, 9.17) is 4.42 Å². The fourth-order valence-electron chi connectivity index (χ4n) is 2.29. The van der Waals surface area contributed by atoms with Crippen molar-refractivity contribution >= 4 is 33.0 Å². The first kappa shape index (κ1) is 15.7. The normalized spacial score (nSPS) is 11.6. The van der Waals surface area contributed by atoms with Crippen molar-refractivity contribution in [2.24, 2.45) is 5.10 Å². The number of nitrogens with zero attached hydrogens (tertiary/aromatic N) is 3. The van der Waals surface area contributed by atoms with Crippen LogP contribution < -0.4 is 5.56 Å². The summed E-state index contributed by atoms with van der Waals surface area (Å²) in [5.74, 6) is 1.25. The van der Waals surface area contributed by atoms with Crippen LogP contribution in [0.25, 0.3) is 10.9 Å². The molecule has 0 spiro atoms. The number of aromatic nitrogens is 2. The predicted molar refractivity (Wildman–Crippen MR) is 94.0 cm³/mol. The fourth-order valence-corrected chi connectivity index (χ4v) is 2.65. The Balaban J connectivity index is 2.15. The van der Waals surface area contributed by atoms with Crippen LogP contribution in [0.1, 0.15) is 31.4 Å². The van der Waals surface area contributed by atoms with Crippen LogP contribution in [-0.2, 0) is 6.42 Å². The van der Waals surface area contributed by atoms with Gasteiger partial charge in [0.1, 0.15) is 11.6 Å².